The fourth-order valence-electron chi connectivity index (χ4n) is 3.90. The van der Waals surface area contributed by atoms with Crippen LogP contribution >= 0.6 is 0 Å². The number of anilines is 1. The number of hydrogen-bond acceptors (Lipinski definition) is 6. The molecular weight excluding hydrogens is 440 g/mol. The zero-order valence-electron chi connectivity index (χ0n) is 19.4. The molecule has 0 atom stereocenters. The van der Waals surface area contributed by atoms with Crippen molar-refractivity contribution in [3.05, 3.63) is 89.6 Å². The van der Waals surface area contributed by atoms with Gasteiger partial charge in [0.05, 0.1) is 23.1 Å². The van der Waals surface area contributed by atoms with Crippen LogP contribution < -0.4 is 10.6 Å². The molecule has 0 spiro atoms. The highest BCUT2D eigenvalue weighted by Gasteiger charge is 2.26. The Bertz CT molecular complexity index is 1430. The Balaban J connectivity index is 1.42. The largest absolute Gasteiger partial charge is 0.354 e. The summed E-state index contributed by atoms with van der Waals surface area (Å²) in [5, 5.41) is 13.7. The van der Waals surface area contributed by atoms with Crippen LogP contribution in [0.15, 0.2) is 67.1 Å². The smallest absolute Gasteiger partial charge is 0.269 e. The zero-order chi connectivity index (χ0) is 24.4. The highest BCUT2D eigenvalue weighted by atomic mass is 16.2. The standard InChI is InChI=1S/C27H24N6O2/c1-16-3-6-21(32-26(34)20-13-24(17-4-5-17)33-31-15-20)14-22(16)18-7-9-29-23(11-18)19-8-10-30-25(12-19)27(35)28-2/h3,6-15,17H,4-5H2,1-2H3,(H,28,35)(H,32,34). The zero-order valence-corrected chi connectivity index (χ0v) is 19.4. The lowest BCUT2D eigenvalue weighted by atomic mass is 9.98. The van der Waals surface area contributed by atoms with Crippen molar-refractivity contribution in [3.8, 4) is 22.4 Å². The Hall–Kier alpha value is -4.46. The Morgan fingerprint density at radius 3 is 2.51 bits per heavy atom. The van der Waals surface area contributed by atoms with Crippen molar-refractivity contribution in [2.45, 2.75) is 25.7 Å². The second kappa shape index (κ2) is 9.42. The van der Waals surface area contributed by atoms with E-state index in [9.17, 15) is 9.59 Å². The molecule has 5 rings (SSSR count). The van der Waals surface area contributed by atoms with Gasteiger partial charge >= 0.3 is 0 Å². The predicted molar refractivity (Wildman–Crippen MR) is 133 cm³/mol. The third-order valence-electron chi connectivity index (χ3n) is 6.01. The Kier molecular flexibility index (Phi) is 6.01. The van der Waals surface area contributed by atoms with E-state index in [0.29, 0.717) is 22.9 Å². The average molecular weight is 465 g/mol. The van der Waals surface area contributed by atoms with Gasteiger partial charge in [0.15, 0.2) is 0 Å². The van der Waals surface area contributed by atoms with Crippen LogP contribution in [0.2, 0.25) is 0 Å². The van der Waals surface area contributed by atoms with Gasteiger partial charge in [-0.3, -0.25) is 19.6 Å². The van der Waals surface area contributed by atoms with Gasteiger partial charge in [0.1, 0.15) is 5.69 Å². The number of carbonyl (C=O) groups is 2. The van der Waals surface area contributed by atoms with Gasteiger partial charge in [-0.05, 0) is 78.9 Å². The number of aryl methyl sites for hydroxylation is 1. The van der Waals surface area contributed by atoms with Crippen molar-refractivity contribution in [3.63, 3.8) is 0 Å². The number of hydrogen-bond donors (Lipinski definition) is 2. The van der Waals surface area contributed by atoms with E-state index in [1.165, 1.54) is 6.20 Å². The number of benzene rings is 1. The molecule has 174 valence electrons. The molecule has 2 N–H and O–H groups in total. The fourth-order valence-corrected chi connectivity index (χ4v) is 3.90. The molecule has 0 aliphatic heterocycles. The first-order chi connectivity index (χ1) is 17.0. The summed E-state index contributed by atoms with van der Waals surface area (Å²) in [6.07, 6.45) is 7.02. The molecule has 8 heteroatoms. The van der Waals surface area contributed by atoms with Crippen LogP contribution in [-0.2, 0) is 0 Å². The topological polar surface area (TPSA) is 110 Å². The van der Waals surface area contributed by atoms with Gasteiger partial charge in [0.25, 0.3) is 11.8 Å². The number of amides is 2. The molecule has 1 saturated carbocycles. The van der Waals surface area contributed by atoms with E-state index < -0.39 is 0 Å². The lowest BCUT2D eigenvalue weighted by Crippen LogP contribution is -2.19. The van der Waals surface area contributed by atoms with Gasteiger partial charge in [0.2, 0.25) is 0 Å². The molecular formula is C27H24N6O2. The van der Waals surface area contributed by atoms with Crippen LogP contribution in [0.1, 0.15) is 50.9 Å². The first kappa shape index (κ1) is 22.3. The summed E-state index contributed by atoms with van der Waals surface area (Å²) in [6, 6.07) is 15.1. The quantitative estimate of drug-likeness (QED) is 0.438. The minimum atomic E-state index is -0.254. The number of rotatable bonds is 6. The molecule has 35 heavy (non-hydrogen) atoms. The van der Waals surface area contributed by atoms with Crippen LogP contribution in [0.25, 0.3) is 22.4 Å². The number of pyridine rings is 2. The molecule has 8 nitrogen and oxygen atoms in total. The van der Waals surface area contributed by atoms with Gasteiger partial charge in [0, 0.05) is 36.6 Å². The summed E-state index contributed by atoms with van der Waals surface area (Å²) in [7, 11) is 1.57. The van der Waals surface area contributed by atoms with Crippen molar-refractivity contribution in [2.75, 3.05) is 12.4 Å². The monoisotopic (exact) mass is 464 g/mol. The maximum Gasteiger partial charge on any atom is 0.269 e. The first-order valence-corrected chi connectivity index (χ1v) is 11.4. The van der Waals surface area contributed by atoms with E-state index in [4.69, 9.17) is 0 Å². The number of carbonyl (C=O) groups excluding carboxylic acids is 2. The molecule has 0 saturated heterocycles. The third kappa shape index (κ3) is 4.91. The van der Waals surface area contributed by atoms with Gasteiger partial charge in [-0.1, -0.05) is 6.07 Å². The van der Waals surface area contributed by atoms with Crippen LogP contribution in [-0.4, -0.2) is 39.0 Å². The lowest BCUT2D eigenvalue weighted by molar-refractivity contribution is 0.0957. The summed E-state index contributed by atoms with van der Waals surface area (Å²) < 4.78 is 0. The van der Waals surface area contributed by atoms with Crippen molar-refractivity contribution in [1.29, 1.82) is 0 Å². The summed E-state index contributed by atoms with van der Waals surface area (Å²) in [5.74, 6) is -0.0450. The number of nitrogens with zero attached hydrogens (tertiary/aromatic N) is 4. The number of aromatic nitrogens is 4. The molecule has 1 aromatic carbocycles. The summed E-state index contributed by atoms with van der Waals surface area (Å²) in [5.41, 5.74) is 6.88. The molecule has 2 amide bonds. The van der Waals surface area contributed by atoms with E-state index in [2.05, 4.69) is 30.8 Å². The van der Waals surface area contributed by atoms with Crippen molar-refractivity contribution >= 4 is 17.5 Å². The van der Waals surface area contributed by atoms with Crippen molar-refractivity contribution in [1.82, 2.24) is 25.5 Å². The SMILES string of the molecule is CNC(=O)c1cc(-c2cc(-c3cc(NC(=O)c4cnnc(C5CC5)c4)ccc3C)ccn2)ccn1. The Morgan fingerprint density at radius 2 is 1.71 bits per heavy atom. The van der Waals surface area contributed by atoms with Crippen LogP contribution in [0, 0.1) is 6.92 Å². The summed E-state index contributed by atoms with van der Waals surface area (Å²) >= 11 is 0. The van der Waals surface area contributed by atoms with Crippen LogP contribution in [0.5, 0.6) is 0 Å². The van der Waals surface area contributed by atoms with E-state index in [-0.39, 0.29) is 11.8 Å². The molecule has 1 fully saturated rings. The molecule has 1 aliphatic rings. The molecule has 3 heterocycles. The predicted octanol–water partition coefficient (Wildman–Crippen LogP) is 4.40. The lowest BCUT2D eigenvalue weighted by Gasteiger charge is -2.12. The Labute approximate surface area is 202 Å². The van der Waals surface area contributed by atoms with Crippen LogP contribution in [0.3, 0.4) is 0 Å². The molecule has 0 unspecified atom stereocenters. The van der Waals surface area contributed by atoms with Gasteiger partial charge < -0.3 is 10.6 Å². The highest BCUT2D eigenvalue weighted by Crippen LogP contribution is 2.38. The van der Waals surface area contributed by atoms with Gasteiger partial charge in [-0.2, -0.15) is 10.2 Å². The Morgan fingerprint density at radius 1 is 0.914 bits per heavy atom. The molecule has 1 aliphatic carbocycles. The molecule has 4 aromatic rings. The van der Waals surface area contributed by atoms with E-state index in [1.54, 1.807) is 25.5 Å². The maximum atomic E-state index is 12.9. The molecule has 0 bridgehead atoms. The third-order valence-corrected chi connectivity index (χ3v) is 6.01. The first-order valence-electron chi connectivity index (χ1n) is 11.4. The van der Waals surface area contributed by atoms with Crippen LogP contribution in [0.4, 0.5) is 5.69 Å². The van der Waals surface area contributed by atoms with Crippen molar-refractivity contribution < 1.29 is 9.59 Å². The van der Waals surface area contributed by atoms with E-state index in [1.807, 2.05) is 49.4 Å². The van der Waals surface area contributed by atoms with Crippen molar-refractivity contribution in [2.24, 2.45) is 0 Å². The second-order valence-electron chi connectivity index (χ2n) is 8.57. The molecule has 0 radical (unpaired) electrons. The van der Waals surface area contributed by atoms with E-state index in [0.717, 1.165) is 46.5 Å². The maximum absolute atomic E-state index is 12.9. The average Bonchev–Trinajstić information content (AvgIpc) is 3.75. The van der Waals surface area contributed by atoms with Gasteiger partial charge in [-0.25, -0.2) is 0 Å². The second-order valence-corrected chi connectivity index (χ2v) is 8.57. The molecule has 3 aromatic heterocycles. The highest BCUT2D eigenvalue weighted by molar-refractivity contribution is 6.04. The summed E-state index contributed by atoms with van der Waals surface area (Å²) in [4.78, 5) is 33.5. The van der Waals surface area contributed by atoms with Gasteiger partial charge in [-0.15, -0.1) is 0 Å². The van der Waals surface area contributed by atoms with E-state index >= 15 is 0 Å². The number of nitrogens with one attached hydrogen (secondary N) is 2. The minimum absolute atomic E-state index is 0.217. The normalized spacial score (nSPS) is 12.7. The minimum Gasteiger partial charge on any atom is -0.354 e. The summed E-state index contributed by atoms with van der Waals surface area (Å²) in [6.45, 7) is 2.02. The fraction of sp³-hybridized carbons (Fsp3) is 0.185.